The Morgan fingerprint density at radius 2 is 1.71 bits per heavy atom. The molecule has 0 unspecified atom stereocenters. The molecular formula is C18H19N3O3. The number of fused-ring (bicyclic) bond motifs is 9. The molecule has 2 aliphatic rings. The molecule has 4 N–H and O–H groups in total. The first kappa shape index (κ1) is 15.9. The molecule has 24 heavy (non-hydrogen) atoms. The summed E-state index contributed by atoms with van der Waals surface area (Å²) in [6.45, 7) is 0.330. The predicted molar refractivity (Wildman–Crippen MR) is 90.5 cm³/mol. The van der Waals surface area contributed by atoms with Gasteiger partial charge < -0.3 is 21.1 Å². The number of anilines is 1. The Bertz CT molecular complexity index is 774. The van der Waals surface area contributed by atoms with Gasteiger partial charge in [0.15, 0.2) is 0 Å². The minimum Gasteiger partial charge on any atom is -0.455 e. The van der Waals surface area contributed by atoms with E-state index >= 15 is 0 Å². The van der Waals surface area contributed by atoms with Crippen LogP contribution in [0.1, 0.15) is 17.5 Å². The second-order valence-electron chi connectivity index (χ2n) is 5.68. The van der Waals surface area contributed by atoms with Crippen molar-refractivity contribution in [2.75, 3.05) is 12.3 Å². The first-order chi connectivity index (χ1) is 11.6. The van der Waals surface area contributed by atoms with Gasteiger partial charge in [0.25, 0.3) is 0 Å². The molecule has 6 heteroatoms. The minimum absolute atomic E-state index is 0.0316. The minimum atomic E-state index is -0.227. The van der Waals surface area contributed by atoms with Crippen molar-refractivity contribution >= 4 is 17.5 Å². The van der Waals surface area contributed by atoms with Crippen molar-refractivity contribution in [3.63, 3.8) is 0 Å². The van der Waals surface area contributed by atoms with E-state index in [4.69, 9.17) is 10.5 Å². The summed E-state index contributed by atoms with van der Waals surface area (Å²) in [4.78, 5) is 23.6. The van der Waals surface area contributed by atoms with Crippen molar-refractivity contribution in [2.24, 2.45) is 0 Å². The third kappa shape index (κ3) is 4.04. The standard InChI is InChI=1S/C18H19N3O3/c19-15-9-12-4-6-16(15)24-14-3-1-2-13(8-14)10-20-18(23)11-21-17(22)7-5-12/h1-4,6,8-9H,5,7,10-11,19H2,(H,20,23)(H,21,22). The molecule has 4 rings (SSSR count). The molecule has 0 saturated heterocycles. The van der Waals surface area contributed by atoms with Crippen LogP contribution in [0, 0.1) is 0 Å². The normalized spacial score (nSPS) is 15.3. The van der Waals surface area contributed by atoms with Crippen LogP contribution in [0.3, 0.4) is 0 Å². The molecule has 4 bridgehead atoms. The maximum Gasteiger partial charge on any atom is 0.239 e. The fraction of sp³-hybridized carbons (Fsp3) is 0.222. The maximum absolute atomic E-state index is 11.8. The average Bonchev–Trinajstić information content (AvgIpc) is 2.58. The number of hydrogen-bond acceptors (Lipinski definition) is 4. The molecule has 2 amide bonds. The highest BCUT2D eigenvalue weighted by molar-refractivity contribution is 5.84. The van der Waals surface area contributed by atoms with Crippen molar-refractivity contribution in [1.29, 1.82) is 0 Å². The Labute approximate surface area is 140 Å². The van der Waals surface area contributed by atoms with Crippen LogP contribution < -0.4 is 21.1 Å². The Kier molecular flexibility index (Phi) is 4.65. The van der Waals surface area contributed by atoms with Gasteiger partial charge in [-0.1, -0.05) is 18.2 Å². The number of carbonyl (C=O) groups is 2. The third-order valence-corrected chi connectivity index (χ3v) is 3.78. The first-order valence-electron chi connectivity index (χ1n) is 7.79. The van der Waals surface area contributed by atoms with Crippen LogP contribution in [-0.4, -0.2) is 18.4 Å². The van der Waals surface area contributed by atoms with Gasteiger partial charge in [0, 0.05) is 13.0 Å². The van der Waals surface area contributed by atoms with Crippen LogP contribution in [0.4, 0.5) is 5.69 Å². The molecule has 2 heterocycles. The second-order valence-corrected chi connectivity index (χ2v) is 5.68. The Morgan fingerprint density at radius 3 is 2.54 bits per heavy atom. The molecule has 0 aliphatic carbocycles. The number of amides is 2. The molecule has 2 aromatic carbocycles. The van der Waals surface area contributed by atoms with Crippen LogP contribution in [0.2, 0.25) is 0 Å². The number of rotatable bonds is 0. The van der Waals surface area contributed by atoms with E-state index < -0.39 is 0 Å². The van der Waals surface area contributed by atoms with Gasteiger partial charge in [-0.05, 0) is 41.8 Å². The highest BCUT2D eigenvalue weighted by Crippen LogP contribution is 2.29. The Balaban J connectivity index is 1.88. The topological polar surface area (TPSA) is 93.4 Å². The van der Waals surface area contributed by atoms with Gasteiger partial charge in [0.2, 0.25) is 11.8 Å². The van der Waals surface area contributed by atoms with E-state index in [9.17, 15) is 9.59 Å². The molecular weight excluding hydrogens is 306 g/mol. The van der Waals surface area contributed by atoms with Gasteiger partial charge in [-0.2, -0.15) is 0 Å². The van der Waals surface area contributed by atoms with Gasteiger partial charge in [-0.3, -0.25) is 9.59 Å². The van der Waals surface area contributed by atoms with Crippen molar-refractivity contribution in [2.45, 2.75) is 19.4 Å². The predicted octanol–water partition coefficient (Wildman–Crippen LogP) is 1.74. The number of aryl methyl sites for hydroxylation is 1. The zero-order valence-electron chi connectivity index (χ0n) is 13.2. The Morgan fingerprint density at radius 1 is 0.875 bits per heavy atom. The summed E-state index contributed by atoms with van der Waals surface area (Å²) in [5.74, 6) is 0.825. The van der Waals surface area contributed by atoms with Gasteiger partial charge in [-0.15, -0.1) is 0 Å². The largest absolute Gasteiger partial charge is 0.455 e. The van der Waals surface area contributed by atoms with Gasteiger partial charge >= 0.3 is 0 Å². The molecule has 0 saturated carbocycles. The van der Waals surface area contributed by atoms with E-state index in [1.165, 1.54) is 0 Å². The lowest BCUT2D eigenvalue weighted by Crippen LogP contribution is -2.36. The summed E-state index contributed by atoms with van der Waals surface area (Å²) in [5.41, 5.74) is 8.42. The number of nitrogens with two attached hydrogens (primary N) is 1. The van der Waals surface area contributed by atoms with E-state index in [1.807, 2.05) is 42.5 Å². The monoisotopic (exact) mass is 325 g/mol. The third-order valence-electron chi connectivity index (χ3n) is 3.78. The summed E-state index contributed by atoms with van der Waals surface area (Å²) in [6.07, 6.45) is 0.847. The highest BCUT2D eigenvalue weighted by atomic mass is 16.5. The molecule has 0 spiro atoms. The molecule has 2 aliphatic heterocycles. The van der Waals surface area contributed by atoms with Crippen LogP contribution >= 0.6 is 0 Å². The molecule has 2 aromatic rings. The van der Waals surface area contributed by atoms with Crippen LogP contribution in [0.5, 0.6) is 11.5 Å². The first-order valence-corrected chi connectivity index (χ1v) is 7.79. The van der Waals surface area contributed by atoms with Crippen LogP contribution in [0.25, 0.3) is 0 Å². The zero-order chi connectivity index (χ0) is 16.9. The van der Waals surface area contributed by atoms with E-state index in [0.29, 0.717) is 36.6 Å². The summed E-state index contributed by atoms with van der Waals surface area (Å²) in [7, 11) is 0. The fourth-order valence-electron chi connectivity index (χ4n) is 2.48. The van der Waals surface area contributed by atoms with Crippen molar-refractivity contribution in [3.8, 4) is 11.5 Å². The molecule has 124 valence electrons. The summed E-state index contributed by atoms with van der Waals surface area (Å²) in [5, 5.41) is 5.38. The van der Waals surface area contributed by atoms with Crippen molar-refractivity contribution in [1.82, 2.24) is 10.6 Å². The van der Waals surface area contributed by atoms with E-state index in [1.54, 1.807) is 0 Å². The van der Waals surface area contributed by atoms with Gasteiger partial charge in [0.05, 0.1) is 12.2 Å². The van der Waals surface area contributed by atoms with Crippen molar-refractivity contribution < 1.29 is 14.3 Å². The zero-order valence-corrected chi connectivity index (χ0v) is 13.2. The average molecular weight is 325 g/mol. The van der Waals surface area contributed by atoms with E-state index in [-0.39, 0.29) is 18.4 Å². The van der Waals surface area contributed by atoms with Crippen molar-refractivity contribution in [3.05, 3.63) is 53.6 Å². The van der Waals surface area contributed by atoms with E-state index in [0.717, 1.165) is 11.1 Å². The summed E-state index contributed by atoms with van der Waals surface area (Å²) >= 11 is 0. The molecule has 0 fully saturated rings. The number of benzene rings is 2. The lowest BCUT2D eigenvalue weighted by atomic mass is 10.1. The quantitative estimate of drug-likeness (QED) is 0.643. The number of nitrogens with one attached hydrogen (secondary N) is 2. The second kappa shape index (κ2) is 7.04. The summed E-state index contributed by atoms with van der Waals surface area (Å²) < 4.78 is 5.83. The molecule has 0 aromatic heterocycles. The number of carbonyl (C=O) groups excluding carboxylic acids is 2. The van der Waals surface area contributed by atoms with Gasteiger partial charge in [-0.25, -0.2) is 0 Å². The van der Waals surface area contributed by atoms with Crippen LogP contribution in [-0.2, 0) is 22.6 Å². The Hall–Kier alpha value is -3.02. The van der Waals surface area contributed by atoms with E-state index in [2.05, 4.69) is 10.6 Å². The highest BCUT2D eigenvalue weighted by Gasteiger charge is 2.09. The lowest BCUT2D eigenvalue weighted by Gasteiger charge is -2.13. The smallest absolute Gasteiger partial charge is 0.239 e. The van der Waals surface area contributed by atoms with Crippen LogP contribution in [0.15, 0.2) is 42.5 Å². The number of nitrogen functional groups attached to an aromatic ring is 1. The van der Waals surface area contributed by atoms with Gasteiger partial charge in [0.1, 0.15) is 11.5 Å². The molecule has 0 atom stereocenters. The molecule has 6 nitrogen and oxygen atoms in total. The molecule has 0 radical (unpaired) electrons. The maximum atomic E-state index is 11.8. The SMILES string of the molecule is Nc1cc2ccc1Oc1cccc(c1)CNC(=O)CNC(=O)CC2. The lowest BCUT2D eigenvalue weighted by molar-refractivity contribution is -0.126. The fourth-order valence-corrected chi connectivity index (χ4v) is 2.48. The summed E-state index contributed by atoms with van der Waals surface area (Å²) in [6, 6.07) is 12.9. The number of ether oxygens (including phenoxy) is 1. The number of hydrogen-bond donors (Lipinski definition) is 3.